The van der Waals surface area contributed by atoms with Crippen LogP contribution in [0.25, 0.3) is 0 Å². The molecule has 0 bridgehead atoms. The SMILES string of the molecule is CN1CCC[C@]2(CO)CCN(Cc3cccc(C(F)(F)F)c3)C[C@@H]12. The Kier molecular flexibility index (Phi) is 4.91. The molecule has 6 heteroatoms. The fourth-order valence-corrected chi connectivity index (χ4v) is 4.32. The van der Waals surface area contributed by atoms with Crippen molar-refractivity contribution in [1.82, 2.24) is 9.80 Å². The van der Waals surface area contributed by atoms with Crippen LogP contribution in [0.3, 0.4) is 0 Å². The molecule has 24 heavy (non-hydrogen) atoms. The highest BCUT2D eigenvalue weighted by molar-refractivity contribution is 5.25. The maximum Gasteiger partial charge on any atom is 0.416 e. The molecule has 0 aromatic heterocycles. The second-order valence-electron chi connectivity index (χ2n) is 7.30. The van der Waals surface area contributed by atoms with Gasteiger partial charge >= 0.3 is 6.18 Å². The monoisotopic (exact) mass is 342 g/mol. The summed E-state index contributed by atoms with van der Waals surface area (Å²) in [4.78, 5) is 4.52. The highest BCUT2D eigenvalue weighted by Gasteiger charge is 2.46. The summed E-state index contributed by atoms with van der Waals surface area (Å²) in [6, 6.07) is 5.88. The molecule has 0 radical (unpaired) electrons. The van der Waals surface area contributed by atoms with E-state index >= 15 is 0 Å². The van der Waals surface area contributed by atoms with Gasteiger partial charge in [-0.2, -0.15) is 13.2 Å². The molecule has 0 aliphatic carbocycles. The zero-order valence-electron chi connectivity index (χ0n) is 14.0. The van der Waals surface area contributed by atoms with Crippen molar-refractivity contribution >= 4 is 0 Å². The van der Waals surface area contributed by atoms with Crippen LogP contribution in [0.15, 0.2) is 24.3 Å². The van der Waals surface area contributed by atoms with Gasteiger partial charge in [-0.05, 0) is 51.0 Å². The number of nitrogens with zero attached hydrogens (tertiary/aromatic N) is 2. The summed E-state index contributed by atoms with van der Waals surface area (Å²) in [6.07, 6.45) is -1.26. The van der Waals surface area contributed by atoms with Gasteiger partial charge in [0.25, 0.3) is 0 Å². The van der Waals surface area contributed by atoms with Crippen LogP contribution in [0.1, 0.15) is 30.4 Å². The van der Waals surface area contributed by atoms with Crippen molar-refractivity contribution in [2.75, 3.05) is 33.3 Å². The molecule has 0 unspecified atom stereocenters. The van der Waals surface area contributed by atoms with Gasteiger partial charge in [0.1, 0.15) is 0 Å². The summed E-state index contributed by atoms with van der Waals surface area (Å²) in [6.45, 7) is 3.35. The Morgan fingerprint density at radius 1 is 1.25 bits per heavy atom. The molecular formula is C18H25F3N2O. The molecule has 0 saturated carbocycles. The van der Waals surface area contributed by atoms with Gasteiger partial charge in [-0.3, -0.25) is 4.90 Å². The number of likely N-dealkylation sites (N-methyl/N-ethyl adjacent to an activating group) is 1. The summed E-state index contributed by atoms with van der Waals surface area (Å²) in [7, 11) is 2.09. The number of fused-ring (bicyclic) bond motifs is 1. The van der Waals surface area contributed by atoms with Crippen LogP contribution in [0, 0.1) is 5.41 Å². The van der Waals surface area contributed by atoms with E-state index < -0.39 is 11.7 Å². The Bertz CT molecular complexity index is 578. The van der Waals surface area contributed by atoms with E-state index in [0.717, 1.165) is 45.0 Å². The van der Waals surface area contributed by atoms with E-state index in [-0.39, 0.29) is 18.1 Å². The number of aliphatic hydroxyl groups is 1. The summed E-state index contributed by atoms with van der Waals surface area (Å²) in [5, 5.41) is 9.93. The van der Waals surface area contributed by atoms with E-state index in [9.17, 15) is 18.3 Å². The molecule has 2 atom stereocenters. The molecular weight excluding hydrogens is 317 g/mol. The standard InChI is InChI=1S/C18H25F3N2O/c1-22-8-3-6-17(13-24)7-9-23(12-16(17)22)11-14-4-2-5-15(10-14)18(19,20)21/h2,4-5,10,16,24H,3,6-9,11-13H2,1H3/t16-,17-/m1/s1. The lowest BCUT2D eigenvalue weighted by Gasteiger charge is -2.53. The molecule has 2 heterocycles. The fraction of sp³-hybridized carbons (Fsp3) is 0.667. The van der Waals surface area contributed by atoms with Crippen LogP contribution in [0.5, 0.6) is 0 Å². The highest BCUT2D eigenvalue weighted by Crippen LogP contribution is 2.41. The summed E-state index contributed by atoms with van der Waals surface area (Å²) >= 11 is 0. The zero-order chi connectivity index (χ0) is 17.4. The maximum atomic E-state index is 12.9. The lowest BCUT2D eigenvalue weighted by Crippen LogP contribution is -2.61. The Balaban J connectivity index is 1.72. The lowest BCUT2D eigenvalue weighted by molar-refractivity contribution is -0.137. The van der Waals surface area contributed by atoms with E-state index in [4.69, 9.17) is 0 Å². The predicted octanol–water partition coefficient (Wildman–Crippen LogP) is 2.98. The second kappa shape index (κ2) is 6.65. The molecule has 2 saturated heterocycles. The minimum Gasteiger partial charge on any atom is -0.396 e. The van der Waals surface area contributed by atoms with Crippen molar-refractivity contribution < 1.29 is 18.3 Å². The van der Waals surface area contributed by atoms with Gasteiger partial charge in [0.2, 0.25) is 0 Å². The molecule has 134 valence electrons. The number of aliphatic hydroxyl groups excluding tert-OH is 1. The third kappa shape index (κ3) is 3.46. The Labute approximate surface area is 141 Å². The second-order valence-corrected chi connectivity index (χ2v) is 7.30. The number of halogens is 3. The minimum absolute atomic E-state index is 0.0443. The topological polar surface area (TPSA) is 26.7 Å². The van der Waals surface area contributed by atoms with Gasteiger partial charge in [-0.1, -0.05) is 18.2 Å². The van der Waals surface area contributed by atoms with Crippen molar-refractivity contribution in [3.8, 4) is 0 Å². The van der Waals surface area contributed by atoms with E-state index in [1.54, 1.807) is 6.07 Å². The first-order valence-corrected chi connectivity index (χ1v) is 8.54. The molecule has 2 fully saturated rings. The summed E-state index contributed by atoms with van der Waals surface area (Å²) in [5.41, 5.74) is 0.0633. The number of likely N-dealkylation sites (tertiary alicyclic amines) is 2. The van der Waals surface area contributed by atoms with Crippen LogP contribution in [0.2, 0.25) is 0 Å². The van der Waals surface area contributed by atoms with E-state index in [0.29, 0.717) is 12.1 Å². The quantitative estimate of drug-likeness (QED) is 0.915. The first-order valence-electron chi connectivity index (χ1n) is 8.54. The molecule has 1 N–H and O–H groups in total. The molecule has 0 amide bonds. The van der Waals surface area contributed by atoms with Crippen LogP contribution < -0.4 is 0 Å². The van der Waals surface area contributed by atoms with E-state index in [2.05, 4.69) is 16.8 Å². The van der Waals surface area contributed by atoms with Crippen LogP contribution >= 0.6 is 0 Å². The maximum absolute atomic E-state index is 12.9. The number of piperidine rings is 2. The van der Waals surface area contributed by atoms with Crippen LogP contribution in [-0.4, -0.2) is 54.2 Å². The molecule has 0 spiro atoms. The van der Waals surface area contributed by atoms with E-state index in [1.807, 2.05) is 0 Å². The number of hydrogen-bond donors (Lipinski definition) is 1. The number of alkyl halides is 3. The average molecular weight is 342 g/mol. The largest absolute Gasteiger partial charge is 0.416 e. The molecule has 1 aromatic rings. The van der Waals surface area contributed by atoms with Crippen LogP contribution in [-0.2, 0) is 12.7 Å². The summed E-state index contributed by atoms with van der Waals surface area (Å²) in [5.74, 6) is 0. The minimum atomic E-state index is -4.30. The number of benzene rings is 1. The Morgan fingerprint density at radius 2 is 2.04 bits per heavy atom. The third-order valence-corrected chi connectivity index (χ3v) is 5.76. The first kappa shape index (κ1) is 17.7. The lowest BCUT2D eigenvalue weighted by atomic mass is 9.69. The van der Waals surface area contributed by atoms with Crippen molar-refractivity contribution in [2.24, 2.45) is 5.41 Å². The summed E-state index contributed by atoms with van der Waals surface area (Å²) < 4.78 is 38.6. The van der Waals surface area contributed by atoms with Gasteiger partial charge < -0.3 is 10.0 Å². The van der Waals surface area contributed by atoms with E-state index in [1.165, 1.54) is 12.1 Å². The van der Waals surface area contributed by atoms with Crippen molar-refractivity contribution in [1.29, 1.82) is 0 Å². The molecule has 1 aromatic carbocycles. The normalized spacial score (nSPS) is 29.5. The van der Waals surface area contributed by atoms with Crippen molar-refractivity contribution in [3.63, 3.8) is 0 Å². The first-order chi connectivity index (χ1) is 11.3. The van der Waals surface area contributed by atoms with Gasteiger partial charge in [-0.25, -0.2) is 0 Å². The van der Waals surface area contributed by atoms with Crippen molar-refractivity contribution in [3.05, 3.63) is 35.4 Å². The number of rotatable bonds is 3. The van der Waals surface area contributed by atoms with Gasteiger partial charge in [0.15, 0.2) is 0 Å². The Morgan fingerprint density at radius 3 is 2.75 bits per heavy atom. The Hall–Kier alpha value is -1.11. The molecule has 3 rings (SSSR count). The highest BCUT2D eigenvalue weighted by atomic mass is 19.4. The smallest absolute Gasteiger partial charge is 0.396 e. The van der Waals surface area contributed by atoms with Gasteiger partial charge in [0.05, 0.1) is 12.2 Å². The molecule has 2 aliphatic heterocycles. The van der Waals surface area contributed by atoms with Gasteiger partial charge in [-0.15, -0.1) is 0 Å². The zero-order valence-corrected chi connectivity index (χ0v) is 14.0. The molecule has 2 aliphatic rings. The van der Waals surface area contributed by atoms with Crippen LogP contribution in [0.4, 0.5) is 13.2 Å². The third-order valence-electron chi connectivity index (χ3n) is 5.76. The van der Waals surface area contributed by atoms with Gasteiger partial charge in [0, 0.05) is 24.5 Å². The molecule has 3 nitrogen and oxygen atoms in total. The average Bonchev–Trinajstić information content (AvgIpc) is 2.55. The number of hydrogen-bond acceptors (Lipinski definition) is 3. The fourth-order valence-electron chi connectivity index (χ4n) is 4.32. The predicted molar refractivity (Wildman–Crippen MR) is 86.5 cm³/mol. The van der Waals surface area contributed by atoms with Crippen molar-refractivity contribution in [2.45, 2.75) is 38.0 Å².